The van der Waals surface area contributed by atoms with Crippen LogP contribution in [0.2, 0.25) is 0 Å². The summed E-state index contributed by atoms with van der Waals surface area (Å²) in [5.41, 5.74) is 2.03. The number of anilines is 1. The lowest BCUT2D eigenvalue weighted by molar-refractivity contribution is -0.133. The first-order valence-corrected chi connectivity index (χ1v) is 9.08. The fourth-order valence-corrected chi connectivity index (χ4v) is 3.65. The molecule has 1 fully saturated rings. The molecule has 25 heavy (non-hydrogen) atoms. The number of nitrogens with one attached hydrogen (secondary N) is 1. The molecule has 1 amide bonds. The van der Waals surface area contributed by atoms with Gasteiger partial charge in [-0.3, -0.25) is 9.69 Å². The van der Waals surface area contributed by atoms with Gasteiger partial charge >= 0.3 is 0 Å². The molecule has 3 aromatic rings. The fraction of sp³-hybridized carbons (Fsp3) is 0.263. The van der Waals surface area contributed by atoms with Gasteiger partial charge in [-0.25, -0.2) is 0 Å². The van der Waals surface area contributed by atoms with Crippen molar-refractivity contribution in [2.45, 2.75) is 12.6 Å². The van der Waals surface area contributed by atoms with Crippen molar-refractivity contribution in [2.24, 2.45) is 0 Å². The van der Waals surface area contributed by atoms with Crippen molar-refractivity contribution in [1.82, 2.24) is 9.27 Å². The van der Waals surface area contributed by atoms with Gasteiger partial charge in [-0.05, 0) is 35.3 Å². The van der Waals surface area contributed by atoms with Crippen LogP contribution in [0.3, 0.4) is 0 Å². The van der Waals surface area contributed by atoms with Crippen molar-refractivity contribution in [2.75, 3.05) is 25.0 Å². The van der Waals surface area contributed by atoms with Crippen LogP contribution in [-0.4, -0.2) is 41.0 Å². The van der Waals surface area contributed by atoms with E-state index in [1.165, 1.54) is 17.1 Å². The summed E-state index contributed by atoms with van der Waals surface area (Å²) in [4.78, 5) is 14.8. The number of carbonyl (C=O) groups excluding carboxylic acids is 1. The molecule has 1 N–H and O–H groups in total. The Kier molecular flexibility index (Phi) is 4.74. The summed E-state index contributed by atoms with van der Waals surface area (Å²) >= 11 is 1.45. The molecular formula is C19H19N3O2S. The van der Waals surface area contributed by atoms with Crippen molar-refractivity contribution >= 4 is 33.2 Å². The monoisotopic (exact) mass is 353 g/mol. The van der Waals surface area contributed by atoms with Gasteiger partial charge in [0, 0.05) is 36.9 Å². The molecule has 1 unspecified atom stereocenters. The van der Waals surface area contributed by atoms with E-state index in [0.717, 1.165) is 28.9 Å². The highest BCUT2D eigenvalue weighted by Gasteiger charge is 2.26. The van der Waals surface area contributed by atoms with E-state index in [1.54, 1.807) is 0 Å². The van der Waals surface area contributed by atoms with Crippen molar-refractivity contribution < 1.29 is 9.53 Å². The minimum absolute atomic E-state index is 0.0969. The molecule has 0 bridgehead atoms. The number of amides is 1. The van der Waals surface area contributed by atoms with E-state index in [2.05, 4.69) is 26.7 Å². The molecule has 4 rings (SSSR count). The molecule has 0 spiro atoms. The highest BCUT2D eigenvalue weighted by molar-refractivity contribution is 7.13. The third kappa shape index (κ3) is 3.87. The molecule has 0 aliphatic carbocycles. The first-order valence-electron chi connectivity index (χ1n) is 8.31. The zero-order valence-corrected chi connectivity index (χ0v) is 14.5. The average molecular weight is 353 g/mol. The third-order valence-electron chi connectivity index (χ3n) is 4.31. The molecule has 0 radical (unpaired) electrons. The van der Waals surface area contributed by atoms with Crippen LogP contribution in [0.5, 0.6) is 0 Å². The summed E-state index contributed by atoms with van der Waals surface area (Å²) < 4.78 is 11.0. The zero-order valence-electron chi connectivity index (χ0n) is 13.7. The molecule has 1 saturated heterocycles. The lowest BCUT2D eigenvalue weighted by Gasteiger charge is -2.32. The summed E-state index contributed by atoms with van der Waals surface area (Å²) in [6.45, 7) is 2.84. The summed E-state index contributed by atoms with van der Waals surface area (Å²) in [5.74, 6) is -0.0969. The number of rotatable bonds is 4. The highest BCUT2D eigenvalue weighted by atomic mass is 32.1. The molecule has 1 atom stereocenters. The van der Waals surface area contributed by atoms with E-state index >= 15 is 0 Å². The van der Waals surface area contributed by atoms with Gasteiger partial charge in [0.05, 0.1) is 11.3 Å². The quantitative estimate of drug-likeness (QED) is 0.783. The molecule has 128 valence electrons. The van der Waals surface area contributed by atoms with Gasteiger partial charge < -0.3 is 10.1 Å². The number of benzene rings is 2. The number of aromatic nitrogens is 1. The van der Waals surface area contributed by atoms with Crippen molar-refractivity contribution in [3.8, 4) is 0 Å². The lowest BCUT2D eigenvalue weighted by Crippen LogP contribution is -2.47. The average Bonchev–Trinajstić information content (AvgIpc) is 3.10. The van der Waals surface area contributed by atoms with Crippen LogP contribution in [0, 0.1) is 0 Å². The molecule has 2 heterocycles. The van der Waals surface area contributed by atoms with E-state index in [-0.39, 0.29) is 5.91 Å². The highest BCUT2D eigenvalue weighted by Crippen LogP contribution is 2.22. The molecular weight excluding hydrogens is 334 g/mol. The lowest BCUT2D eigenvalue weighted by atomic mass is 10.2. The second-order valence-electron chi connectivity index (χ2n) is 6.15. The number of ether oxygens (including phenoxy) is 1. The maximum absolute atomic E-state index is 12.6. The third-order valence-corrected chi connectivity index (χ3v) is 5.09. The van der Waals surface area contributed by atoms with Crippen molar-refractivity contribution in [3.05, 3.63) is 60.3 Å². The van der Waals surface area contributed by atoms with E-state index in [0.29, 0.717) is 13.2 Å². The SMILES string of the molecule is O=C(Nc1ccc2sncc2c1)C1CN(Cc2ccccc2)CCO1. The second kappa shape index (κ2) is 7.31. The number of carbonyl (C=O) groups is 1. The smallest absolute Gasteiger partial charge is 0.254 e. The first-order chi connectivity index (χ1) is 12.3. The second-order valence-corrected chi connectivity index (χ2v) is 6.98. The minimum atomic E-state index is -0.450. The van der Waals surface area contributed by atoms with Gasteiger partial charge in [0.1, 0.15) is 6.10 Å². The summed E-state index contributed by atoms with van der Waals surface area (Å²) in [6.07, 6.45) is 1.36. The number of fused-ring (bicyclic) bond motifs is 1. The van der Waals surface area contributed by atoms with Crippen LogP contribution in [0.1, 0.15) is 5.56 Å². The van der Waals surface area contributed by atoms with Gasteiger partial charge in [-0.15, -0.1) is 0 Å². The van der Waals surface area contributed by atoms with E-state index in [1.807, 2.05) is 42.6 Å². The number of hydrogen-bond acceptors (Lipinski definition) is 5. The Morgan fingerprint density at radius 1 is 1.28 bits per heavy atom. The molecule has 1 aromatic heterocycles. The summed E-state index contributed by atoms with van der Waals surface area (Å²) in [6, 6.07) is 16.1. The van der Waals surface area contributed by atoms with Crippen LogP contribution in [0.25, 0.3) is 10.1 Å². The Labute approximate surface area is 150 Å². The van der Waals surface area contributed by atoms with Crippen molar-refractivity contribution in [3.63, 3.8) is 0 Å². The zero-order chi connectivity index (χ0) is 17.1. The van der Waals surface area contributed by atoms with Gasteiger partial charge in [0.15, 0.2) is 0 Å². The van der Waals surface area contributed by atoms with E-state index < -0.39 is 6.10 Å². The molecule has 6 heteroatoms. The Balaban J connectivity index is 1.39. The predicted molar refractivity (Wildman–Crippen MR) is 99.7 cm³/mol. The maximum Gasteiger partial charge on any atom is 0.254 e. The fourth-order valence-electron chi connectivity index (χ4n) is 3.02. The standard InChI is InChI=1S/C19H19N3O2S/c23-19(21-16-6-7-18-15(10-16)11-20-25-18)17-13-22(8-9-24-17)12-14-4-2-1-3-5-14/h1-7,10-11,17H,8-9,12-13H2,(H,21,23). The molecule has 1 aliphatic rings. The summed E-state index contributed by atoms with van der Waals surface area (Å²) in [5, 5.41) is 4.00. The van der Waals surface area contributed by atoms with Crippen LogP contribution in [0.4, 0.5) is 5.69 Å². The van der Waals surface area contributed by atoms with E-state index in [9.17, 15) is 4.79 Å². The first kappa shape index (κ1) is 16.2. The van der Waals surface area contributed by atoms with Crippen LogP contribution >= 0.6 is 11.5 Å². The predicted octanol–water partition coefficient (Wildman–Crippen LogP) is 3.14. The molecule has 2 aromatic carbocycles. The van der Waals surface area contributed by atoms with Gasteiger partial charge in [-0.2, -0.15) is 4.37 Å². The van der Waals surface area contributed by atoms with Gasteiger partial charge in [-0.1, -0.05) is 30.3 Å². The van der Waals surface area contributed by atoms with Gasteiger partial charge in [0.25, 0.3) is 5.91 Å². The Morgan fingerprint density at radius 3 is 3.04 bits per heavy atom. The Bertz CT molecular complexity index is 865. The number of nitrogens with zero attached hydrogens (tertiary/aromatic N) is 2. The van der Waals surface area contributed by atoms with Crippen molar-refractivity contribution in [1.29, 1.82) is 0 Å². The Hall–Kier alpha value is -2.28. The van der Waals surface area contributed by atoms with Crippen LogP contribution in [0.15, 0.2) is 54.7 Å². The minimum Gasteiger partial charge on any atom is -0.366 e. The molecule has 1 aliphatic heterocycles. The largest absolute Gasteiger partial charge is 0.366 e. The number of hydrogen-bond donors (Lipinski definition) is 1. The normalized spacial score (nSPS) is 18.3. The molecule has 5 nitrogen and oxygen atoms in total. The van der Waals surface area contributed by atoms with Crippen LogP contribution < -0.4 is 5.32 Å². The van der Waals surface area contributed by atoms with E-state index in [4.69, 9.17) is 4.74 Å². The Morgan fingerprint density at radius 2 is 2.16 bits per heavy atom. The summed E-state index contributed by atoms with van der Waals surface area (Å²) in [7, 11) is 0. The molecule has 0 saturated carbocycles. The van der Waals surface area contributed by atoms with Gasteiger partial charge in [0.2, 0.25) is 0 Å². The number of morpholine rings is 1. The topological polar surface area (TPSA) is 54.5 Å². The van der Waals surface area contributed by atoms with Crippen LogP contribution in [-0.2, 0) is 16.1 Å². The maximum atomic E-state index is 12.6.